The number of alkyl halides is 6. The van der Waals surface area contributed by atoms with Gasteiger partial charge >= 0.3 is 12.4 Å². The number of benzene rings is 4. The molecule has 0 bridgehead atoms. The molecule has 55 heavy (non-hydrogen) atoms. The van der Waals surface area contributed by atoms with Crippen LogP contribution >= 0.6 is 0 Å². The third-order valence-electron chi connectivity index (χ3n) is 8.74. The molecule has 4 heterocycles. The van der Waals surface area contributed by atoms with Gasteiger partial charge in [0.2, 0.25) is 0 Å². The number of nitrogens with zero attached hydrogens (tertiary/aromatic N) is 8. The van der Waals surface area contributed by atoms with Gasteiger partial charge in [0.05, 0.1) is 0 Å². The summed E-state index contributed by atoms with van der Waals surface area (Å²) >= 11 is 0. The number of hydrogen-bond acceptors (Lipinski definition) is 6. The Morgan fingerprint density at radius 2 is 1.27 bits per heavy atom. The largest absolute Gasteiger partial charge is 0.572 e. The number of anilines is 6. The molecule has 8 rings (SSSR count). The van der Waals surface area contributed by atoms with Crippen LogP contribution in [-0.4, -0.2) is 28.7 Å². The maximum absolute atomic E-state index is 13.8. The molecule has 8 nitrogen and oxygen atoms in total. The smallest absolute Gasteiger partial charge is 0.431 e. The fourth-order valence-corrected chi connectivity index (χ4v) is 6.17. The Kier molecular flexibility index (Phi) is 10.5. The Balaban J connectivity index is 0.000000188. The van der Waals surface area contributed by atoms with Gasteiger partial charge in [0.1, 0.15) is 11.5 Å². The maximum Gasteiger partial charge on any atom is 0.431 e. The van der Waals surface area contributed by atoms with Crippen LogP contribution in [0.5, 0.6) is 0 Å². The molecule has 0 amide bonds. The summed E-state index contributed by atoms with van der Waals surface area (Å²) in [7, 11) is 5.26. The second-order valence-corrected chi connectivity index (χ2v) is 12.4. The molecule has 17 heteroatoms. The number of rotatable bonds is 4. The van der Waals surface area contributed by atoms with Gasteiger partial charge in [-0.1, -0.05) is 47.2 Å². The van der Waals surface area contributed by atoms with Crippen molar-refractivity contribution < 1.29 is 55.2 Å². The fraction of sp³-hybridized carbons (Fsp3) is 0.158. The van der Waals surface area contributed by atoms with E-state index >= 15 is 0 Å². The van der Waals surface area contributed by atoms with Crippen molar-refractivity contribution in [2.45, 2.75) is 19.3 Å². The van der Waals surface area contributed by atoms with E-state index in [4.69, 9.17) is 0 Å². The average Bonchev–Trinajstić information content (AvgIpc) is 3.88. The van der Waals surface area contributed by atoms with Gasteiger partial charge in [-0.2, -0.15) is 39.7 Å². The normalized spacial score (nSPS) is 13.7. The first-order chi connectivity index (χ1) is 25.5. The van der Waals surface area contributed by atoms with Crippen molar-refractivity contribution in [1.82, 2.24) is 19.7 Å². The minimum Gasteiger partial charge on any atom is -0.572 e. The third-order valence-corrected chi connectivity index (χ3v) is 8.74. The van der Waals surface area contributed by atoms with Crippen molar-refractivity contribution in [2.24, 2.45) is 7.05 Å². The molecule has 1 radical (unpaired) electrons. The molecule has 0 saturated carbocycles. The first-order valence-electron chi connectivity index (χ1n) is 16.1. The minimum absolute atomic E-state index is 0. The minimum atomic E-state index is -4.62. The maximum atomic E-state index is 13.8. The number of para-hydroxylation sites is 4. The van der Waals surface area contributed by atoms with Gasteiger partial charge in [-0.05, 0) is 57.0 Å². The van der Waals surface area contributed by atoms with Gasteiger partial charge in [-0.25, -0.2) is 0 Å². The first-order valence-corrected chi connectivity index (χ1v) is 16.1. The Morgan fingerprint density at radius 3 is 1.75 bits per heavy atom. The Bertz CT molecular complexity index is 2270. The summed E-state index contributed by atoms with van der Waals surface area (Å²) in [4.78, 5) is 11.3. The van der Waals surface area contributed by atoms with Crippen LogP contribution in [0, 0.1) is 44.0 Å². The van der Waals surface area contributed by atoms with Crippen LogP contribution in [0.15, 0.2) is 79.0 Å². The Hall–Kier alpha value is -5.41. The van der Waals surface area contributed by atoms with Crippen molar-refractivity contribution in [1.29, 1.82) is 0 Å². The van der Waals surface area contributed by atoms with Crippen molar-refractivity contribution in [2.75, 3.05) is 33.7 Å². The molecule has 0 atom stereocenters. The number of fused-ring (bicyclic) bond motifs is 2. The number of aromatic nitrogens is 4. The summed E-state index contributed by atoms with van der Waals surface area (Å²) in [6.07, 6.45) is -7.71. The summed E-state index contributed by atoms with van der Waals surface area (Å²) in [5, 5.41) is 6.70. The summed E-state index contributed by atoms with van der Waals surface area (Å²) in [5.41, 5.74) is 2.08. The van der Waals surface area contributed by atoms with Crippen molar-refractivity contribution >= 4 is 34.1 Å². The van der Waals surface area contributed by atoms with E-state index in [-0.39, 0.29) is 48.4 Å². The summed E-state index contributed by atoms with van der Waals surface area (Å²) in [5.74, 6) is -1.58. The van der Waals surface area contributed by atoms with Gasteiger partial charge in [-0.3, -0.25) is 13.8 Å². The quantitative estimate of drug-likeness (QED) is 0.129. The number of halogens is 8. The molecule has 0 unspecified atom stereocenters. The monoisotopic (exact) mass is 940 g/mol. The van der Waals surface area contributed by atoms with E-state index in [0.29, 0.717) is 17.4 Å². The van der Waals surface area contributed by atoms with Crippen LogP contribution in [0.3, 0.4) is 0 Å². The molecule has 0 saturated heterocycles. The van der Waals surface area contributed by atoms with Crippen LogP contribution in [-0.2, 0) is 39.5 Å². The molecule has 2 aromatic heterocycles. The van der Waals surface area contributed by atoms with Gasteiger partial charge in [0, 0.05) is 67.2 Å². The van der Waals surface area contributed by atoms with E-state index in [9.17, 15) is 35.1 Å². The van der Waals surface area contributed by atoms with E-state index in [1.807, 2.05) is 72.4 Å². The van der Waals surface area contributed by atoms with Crippen molar-refractivity contribution in [3.05, 3.63) is 133 Å². The first kappa shape index (κ1) is 39.3. The zero-order chi connectivity index (χ0) is 38.7. The second kappa shape index (κ2) is 14.7. The molecule has 4 aromatic carbocycles. The van der Waals surface area contributed by atoms with Gasteiger partial charge in [-0.15, -0.1) is 41.7 Å². The molecule has 0 spiro atoms. The fourth-order valence-electron chi connectivity index (χ4n) is 6.17. The van der Waals surface area contributed by atoms with E-state index in [1.54, 1.807) is 23.1 Å². The average molecular weight is 940 g/mol. The van der Waals surface area contributed by atoms with Crippen LogP contribution in [0.1, 0.15) is 16.8 Å². The van der Waals surface area contributed by atoms with E-state index in [1.165, 1.54) is 24.7 Å². The second-order valence-electron chi connectivity index (χ2n) is 12.4. The number of hydrogen-bond donors (Lipinski definition) is 0. The number of aryl methyl sites for hydroxylation is 1. The predicted octanol–water partition coefficient (Wildman–Crippen LogP) is 9.43. The van der Waals surface area contributed by atoms with E-state index < -0.39 is 35.2 Å². The molecule has 0 fully saturated rings. The molecule has 0 aliphatic carbocycles. The molecule has 289 valence electrons. The van der Waals surface area contributed by atoms with E-state index in [0.717, 1.165) is 40.9 Å². The topological polar surface area (TPSA) is 57.8 Å². The molecular formula is C38H27F8IrN8-5. The van der Waals surface area contributed by atoms with E-state index in [2.05, 4.69) is 27.3 Å². The standard InChI is InChI=1S/C23H18F3N4.C15H9F5N4.Ir/c1-27-14-29(21-9-5-3-7-19(21)27)17-11-16(23(24,25)26)12-18(13-17)30-15-28(2)20-8-4-6-10-22(20)30;1-7-12(22-23-13(7)15(18,19)20)14-21-11(6-24(14)2)9-4-3-8(16)5-10(9)17;/h3-12,14-15H,1-2H3;3,5-6H,1-2H3;/q-3;-2;. The van der Waals surface area contributed by atoms with Crippen LogP contribution in [0.25, 0.3) is 22.8 Å². The van der Waals surface area contributed by atoms with Gasteiger partial charge in [0.25, 0.3) is 0 Å². The SMILES string of the molecule is CN1[CH-]N(c2[c-]c(N3[CH-]N(C)c4ccccc43)cc(C(F)(F)F)c2)c2ccccc21.Cc1c(C(F)(F)F)n[n-]c1-c1nc(-c2[c-]cc(F)cc2F)cn1C.[Ir]. The predicted molar refractivity (Wildman–Crippen MR) is 187 cm³/mol. The molecule has 0 N–H and O–H groups in total. The van der Waals surface area contributed by atoms with Crippen molar-refractivity contribution in [3.63, 3.8) is 0 Å². The zero-order valence-corrected chi connectivity index (χ0v) is 31.5. The molecule has 2 aliphatic heterocycles. The summed E-state index contributed by atoms with van der Waals surface area (Å²) < 4.78 is 108. The molecule has 6 aromatic rings. The zero-order valence-electron chi connectivity index (χ0n) is 29.1. The number of imidazole rings is 1. The van der Waals surface area contributed by atoms with Crippen molar-refractivity contribution in [3.8, 4) is 22.8 Å². The van der Waals surface area contributed by atoms with Crippen LogP contribution in [0.4, 0.5) is 69.2 Å². The summed E-state index contributed by atoms with van der Waals surface area (Å²) in [6.45, 7) is 4.78. The Labute approximate surface area is 324 Å². The molecule has 2 aliphatic rings. The van der Waals surface area contributed by atoms with Gasteiger partial charge in [0.15, 0.2) is 0 Å². The van der Waals surface area contributed by atoms with Gasteiger partial charge < -0.3 is 34.4 Å². The van der Waals surface area contributed by atoms with Crippen LogP contribution in [0.2, 0.25) is 0 Å². The summed E-state index contributed by atoms with van der Waals surface area (Å²) in [6, 6.07) is 24.7. The molecular weight excluding hydrogens is 913 g/mol. The third kappa shape index (κ3) is 7.50. The Morgan fingerprint density at radius 1 is 0.745 bits per heavy atom. The van der Waals surface area contributed by atoms with Crippen LogP contribution < -0.4 is 24.7 Å².